The van der Waals surface area contributed by atoms with E-state index in [9.17, 15) is 14.4 Å². The lowest BCUT2D eigenvalue weighted by Gasteiger charge is -2.35. The number of hydrogen-bond acceptors (Lipinski definition) is 3. The van der Waals surface area contributed by atoms with Gasteiger partial charge in [0.05, 0.1) is 6.42 Å². The summed E-state index contributed by atoms with van der Waals surface area (Å²) < 4.78 is 0.656. The molecule has 1 aliphatic heterocycles. The molecule has 2 amide bonds. The van der Waals surface area contributed by atoms with E-state index >= 15 is 0 Å². The monoisotopic (exact) mass is 363 g/mol. The van der Waals surface area contributed by atoms with Crippen LogP contribution in [-0.4, -0.2) is 29.0 Å². The number of halogens is 3. The molecule has 0 radical (unpaired) electrons. The predicted octanol–water partition coefficient (Wildman–Crippen LogP) is 2.65. The van der Waals surface area contributed by atoms with Crippen LogP contribution < -0.4 is 0 Å². The Bertz CT molecular complexity index is 605. The maximum atomic E-state index is 12.2. The Morgan fingerprint density at radius 1 is 1.42 bits per heavy atom. The summed E-state index contributed by atoms with van der Waals surface area (Å²) in [5.74, 6) is -1.11. The number of nitrogens with zero attached hydrogens (tertiary/aromatic N) is 1. The molecule has 1 aromatic carbocycles. The van der Waals surface area contributed by atoms with Crippen molar-refractivity contribution < 1.29 is 14.4 Å². The van der Waals surface area contributed by atoms with Gasteiger partial charge in [-0.15, -0.1) is 11.6 Å². The standard InChI is InChI=1S/C12H8BrCl2NO3/c1-16-10(18)7-3-2-6(13)4-8(7)12(15,11(16)19)5-9(14)17/h2-4H,5H2,1H3. The SMILES string of the molecule is CN1C(=O)c2ccc(Br)cc2C(Cl)(CC(=O)Cl)C1=O. The first kappa shape index (κ1) is 14.5. The highest BCUT2D eigenvalue weighted by Gasteiger charge is 2.49. The summed E-state index contributed by atoms with van der Waals surface area (Å²) in [6.45, 7) is 0. The minimum absolute atomic E-state index is 0.290. The van der Waals surface area contributed by atoms with Crippen LogP contribution in [0.3, 0.4) is 0 Å². The molecule has 19 heavy (non-hydrogen) atoms. The van der Waals surface area contributed by atoms with Gasteiger partial charge in [-0.05, 0) is 35.4 Å². The zero-order valence-corrected chi connectivity index (χ0v) is 12.8. The summed E-state index contributed by atoms with van der Waals surface area (Å²) >= 11 is 14.9. The van der Waals surface area contributed by atoms with Gasteiger partial charge in [-0.1, -0.05) is 15.9 Å². The smallest absolute Gasteiger partial charge is 0.260 e. The van der Waals surface area contributed by atoms with E-state index in [1.165, 1.54) is 7.05 Å². The van der Waals surface area contributed by atoms with Gasteiger partial charge in [0.15, 0.2) is 4.87 Å². The van der Waals surface area contributed by atoms with Gasteiger partial charge < -0.3 is 0 Å². The molecule has 0 spiro atoms. The minimum atomic E-state index is -1.64. The Morgan fingerprint density at radius 3 is 2.63 bits per heavy atom. The molecule has 0 aliphatic carbocycles. The number of benzene rings is 1. The fourth-order valence-electron chi connectivity index (χ4n) is 2.05. The second kappa shape index (κ2) is 4.89. The predicted molar refractivity (Wildman–Crippen MR) is 74.3 cm³/mol. The first-order valence-electron chi connectivity index (χ1n) is 5.27. The van der Waals surface area contributed by atoms with Crippen molar-refractivity contribution in [3.8, 4) is 0 Å². The molecule has 1 aliphatic rings. The highest BCUT2D eigenvalue weighted by molar-refractivity contribution is 9.10. The lowest BCUT2D eigenvalue weighted by atomic mass is 9.86. The molecule has 7 heteroatoms. The summed E-state index contributed by atoms with van der Waals surface area (Å²) in [6.07, 6.45) is -0.379. The number of imide groups is 1. The van der Waals surface area contributed by atoms with Crippen molar-refractivity contribution >= 4 is 56.2 Å². The molecule has 1 unspecified atom stereocenters. The molecular formula is C12H8BrCl2NO3. The first-order valence-corrected chi connectivity index (χ1v) is 6.82. The maximum Gasteiger partial charge on any atom is 0.260 e. The number of hydrogen-bond donors (Lipinski definition) is 0. The van der Waals surface area contributed by atoms with E-state index in [0.29, 0.717) is 15.6 Å². The fraction of sp³-hybridized carbons (Fsp3) is 0.250. The lowest BCUT2D eigenvalue weighted by Crippen LogP contribution is -2.50. The Labute approximate surface area is 127 Å². The third-order valence-corrected chi connectivity index (χ3v) is 4.10. The van der Waals surface area contributed by atoms with Crippen LogP contribution in [-0.2, 0) is 14.5 Å². The summed E-state index contributed by atoms with van der Waals surface area (Å²) in [5.41, 5.74) is 0.587. The second-order valence-corrected chi connectivity index (χ2v) is 6.17. The molecule has 0 N–H and O–H groups in total. The van der Waals surface area contributed by atoms with Crippen LogP contribution in [0.5, 0.6) is 0 Å². The molecule has 0 saturated carbocycles. The molecule has 0 fully saturated rings. The number of rotatable bonds is 2. The Kier molecular flexibility index (Phi) is 3.73. The normalized spacial score (nSPS) is 22.4. The van der Waals surface area contributed by atoms with Crippen LogP contribution in [0.1, 0.15) is 22.3 Å². The van der Waals surface area contributed by atoms with Gasteiger partial charge in [-0.2, -0.15) is 0 Å². The van der Waals surface area contributed by atoms with Crippen LogP contribution in [0.15, 0.2) is 22.7 Å². The number of alkyl halides is 1. The van der Waals surface area contributed by atoms with E-state index in [1.54, 1.807) is 18.2 Å². The molecule has 100 valence electrons. The van der Waals surface area contributed by atoms with E-state index in [0.717, 1.165) is 4.90 Å². The van der Waals surface area contributed by atoms with Crippen molar-refractivity contribution in [2.24, 2.45) is 0 Å². The van der Waals surface area contributed by atoms with Crippen molar-refractivity contribution in [3.05, 3.63) is 33.8 Å². The van der Waals surface area contributed by atoms with Gasteiger partial charge >= 0.3 is 0 Å². The van der Waals surface area contributed by atoms with Gasteiger partial charge in [0.25, 0.3) is 11.8 Å². The first-order chi connectivity index (χ1) is 8.77. The van der Waals surface area contributed by atoms with Crippen molar-refractivity contribution in [3.63, 3.8) is 0 Å². The quantitative estimate of drug-likeness (QED) is 0.460. The molecule has 1 heterocycles. The number of amides is 2. The Morgan fingerprint density at radius 2 is 2.05 bits per heavy atom. The summed E-state index contributed by atoms with van der Waals surface area (Å²) in [4.78, 5) is 34.7. The van der Waals surface area contributed by atoms with E-state index < -0.39 is 21.9 Å². The molecule has 2 rings (SSSR count). The minimum Gasteiger partial charge on any atom is -0.281 e. The van der Waals surface area contributed by atoms with Crippen LogP contribution in [0.4, 0.5) is 0 Å². The van der Waals surface area contributed by atoms with Crippen LogP contribution in [0.25, 0.3) is 0 Å². The van der Waals surface area contributed by atoms with Gasteiger partial charge in [-0.25, -0.2) is 0 Å². The van der Waals surface area contributed by atoms with Crippen molar-refractivity contribution in [1.29, 1.82) is 0 Å². The van der Waals surface area contributed by atoms with E-state index in [4.69, 9.17) is 23.2 Å². The largest absolute Gasteiger partial charge is 0.281 e. The number of carbonyl (C=O) groups is 3. The molecule has 4 nitrogen and oxygen atoms in total. The average Bonchev–Trinajstić information content (AvgIpc) is 2.33. The van der Waals surface area contributed by atoms with E-state index in [1.807, 2.05) is 0 Å². The maximum absolute atomic E-state index is 12.2. The van der Waals surface area contributed by atoms with Crippen molar-refractivity contribution in [2.45, 2.75) is 11.3 Å². The van der Waals surface area contributed by atoms with Crippen LogP contribution in [0, 0.1) is 0 Å². The average molecular weight is 365 g/mol. The highest BCUT2D eigenvalue weighted by atomic mass is 79.9. The molecule has 1 atom stereocenters. The Balaban J connectivity index is 2.70. The third kappa shape index (κ3) is 2.30. The van der Waals surface area contributed by atoms with Crippen molar-refractivity contribution in [2.75, 3.05) is 7.05 Å². The number of fused-ring (bicyclic) bond motifs is 1. The highest BCUT2D eigenvalue weighted by Crippen LogP contribution is 2.42. The molecule has 1 aromatic rings. The van der Waals surface area contributed by atoms with Crippen molar-refractivity contribution in [1.82, 2.24) is 4.90 Å². The van der Waals surface area contributed by atoms with E-state index in [2.05, 4.69) is 15.9 Å². The van der Waals surface area contributed by atoms with Gasteiger partial charge in [-0.3, -0.25) is 19.3 Å². The van der Waals surface area contributed by atoms with E-state index in [-0.39, 0.29) is 6.42 Å². The summed E-state index contributed by atoms with van der Waals surface area (Å²) in [7, 11) is 1.32. The van der Waals surface area contributed by atoms with Crippen LogP contribution >= 0.6 is 39.1 Å². The molecule has 0 saturated heterocycles. The van der Waals surface area contributed by atoms with Gasteiger partial charge in [0.1, 0.15) is 0 Å². The number of carbonyl (C=O) groups excluding carboxylic acids is 3. The summed E-state index contributed by atoms with van der Waals surface area (Å²) in [6, 6.07) is 4.78. The third-order valence-electron chi connectivity index (χ3n) is 2.97. The topological polar surface area (TPSA) is 54.5 Å². The number of likely N-dealkylation sites (N-methyl/N-ethyl adjacent to an activating group) is 1. The van der Waals surface area contributed by atoms with Gasteiger partial charge in [0, 0.05) is 17.1 Å². The molecule has 0 bridgehead atoms. The van der Waals surface area contributed by atoms with Crippen LogP contribution in [0.2, 0.25) is 0 Å². The summed E-state index contributed by atoms with van der Waals surface area (Å²) in [5, 5.41) is -0.739. The fourth-order valence-corrected chi connectivity index (χ4v) is 3.08. The van der Waals surface area contributed by atoms with Gasteiger partial charge in [0.2, 0.25) is 5.24 Å². The Hall–Kier alpha value is -0.910. The lowest BCUT2D eigenvalue weighted by molar-refractivity contribution is -0.133. The zero-order valence-electron chi connectivity index (χ0n) is 9.75. The molecular weight excluding hydrogens is 357 g/mol. The second-order valence-electron chi connectivity index (χ2n) is 4.19. The zero-order chi connectivity index (χ0) is 14.4. The molecule has 0 aromatic heterocycles.